The van der Waals surface area contributed by atoms with Crippen LogP contribution in [0.5, 0.6) is 0 Å². The van der Waals surface area contributed by atoms with Gasteiger partial charge in [-0.15, -0.1) is 0 Å². The topological polar surface area (TPSA) is 81.4 Å². The van der Waals surface area contributed by atoms with Crippen molar-refractivity contribution in [3.8, 4) is 0 Å². The molecule has 0 atom stereocenters. The maximum absolute atomic E-state index is 14.0. The molecule has 0 saturated carbocycles. The van der Waals surface area contributed by atoms with E-state index >= 15 is 0 Å². The Morgan fingerprint density at radius 2 is 2.10 bits per heavy atom. The van der Waals surface area contributed by atoms with Crippen LogP contribution in [0.25, 0.3) is 0 Å². The van der Waals surface area contributed by atoms with E-state index < -0.39 is 20.7 Å². The van der Waals surface area contributed by atoms with Gasteiger partial charge in [-0.3, -0.25) is 0 Å². The summed E-state index contributed by atoms with van der Waals surface area (Å²) < 4.78 is 45.2. The van der Waals surface area contributed by atoms with E-state index in [0.717, 1.165) is 6.07 Å². The quantitative estimate of drug-likeness (QED) is 0.712. The van der Waals surface area contributed by atoms with E-state index in [2.05, 4.69) is 4.72 Å². The highest BCUT2D eigenvalue weighted by Gasteiger charge is 2.21. The third-order valence-corrected chi connectivity index (χ3v) is 4.33. The lowest BCUT2D eigenvalue weighted by molar-refractivity contribution is 0.193. The molecule has 0 unspecified atom stereocenters. The van der Waals surface area contributed by atoms with Crippen molar-refractivity contribution in [2.45, 2.75) is 24.3 Å². The molecule has 114 valence electrons. The first-order valence-electron chi connectivity index (χ1n) is 6.09. The zero-order chi connectivity index (χ0) is 15.2. The second kappa shape index (κ2) is 7.90. The number of hydrogen-bond acceptors (Lipinski definition) is 4. The van der Waals surface area contributed by atoms with Crippen LogP contribution >= 0.6 is 11.6 Å². The summed E-state index contributed by atoms with van der Waals surface area (Å²) in [5.41, 5.74) is 5.43. The summed E-state index contributed by atoms with van der Waals surface area (Å²) in [5, 5.41) is 0.131. The Bertz CT molecular complexity index is 552. The highest BCUT2D eigenvalue weighted by atomic mass is 35.5. The molecule has 0 bridgehead atoms. The molecule has 0 heterocycles. The lowest BCUT2D eigenvalue weighted by atomic mass is 10.2. The van der Waals surface area contributed by atoms with Gasteiger partial charge in [0.15, 0.2) is 0 Å². The Hall–Kier alpha value is -0.730. The summed E-state index contributed by atoms with van der Waals surface area (Å²) in [6.07, 6.45) is 1.31. The molecule has 1 aromatic carbocycles. The number of unbranched alkanes of at least 4 members (excludes halogenated alkanes) is 1. The van der Waals surface area contributed by atoms with Crippen molar-refractivity contribution in [3.63, 3.8) is 0 Å². The average molecular weight is 325 g/mol. The van der Waals surface area contributed by atoms with Gasteiger partial charge in [0.2, 0.25) is 10.0 Å². The molecule has 0 fully saturated rings. The Morgan fingerprint density at radius 1 is 1.40 bits per heavy atom. The number of benzene rings is 1. The van der Waals surface area contributed by atoms with Gasteiger partial charge in [-0.25, -0.2) is 17.5 Å². The smallest absolute Gasteiger partial charge is 0.243 e. The average Bonchev–Trinajstić information content (AvgIpc) is 2.40. The molecular formula is C12H18ClFN2O3S. The van der Waals surface area contributed by atoms with Crippen LogP contribution in [-0.4, -0.2) is 28.7 Å². The Balaban J connectivity index is 2.84. The second-order valence-electron chi connectivity index (χ2n) is 4.18. The zero-order valence-electron chi connectivity index (χ0n) is 11.2. The van der Waals surface area contributed by atoms with Crippen LogP contribution in [0.15, 0.2) is 17.0 Å². The predicted molar refractivity (Wildman–Crippen MR) is 75.6 cm³/mol. The third-order valence-electron chi connectivity index (χ3n) is 2.66. The SMILES string of the molecule is COCCCCNS(=O)(=O)c1cc(Cl)cc(CN)c1F. The van der Waals surface area contributed by atoms with Gasteiger partial charge in [0.05, 0.1) is 0 Å². The van der Waals surface area contributed by atoms with E-state index in [1.807, 2.05) is 0 Å². The maximum Gasteiger partial charge on any atom is 0.243 e. The predicted octanol–water partition coefficient (Wildman–Crippen LogP) is 1.64. The van der Waals surface area contributed by atoms with Crippen LogP contribution in [0, 0.1) is 5.82 Å². The molecule has 0 aliphatic rings. The van der Waals surface area contributed by atoms with Gasteiger partial charge in [0.1, 0.15) is 10.7 Å². The first kappa shape index (κ1) is 17.3. The number of hydrogen-bond donors (Lipinski definition) is 2. The van der Waals surface area contributed by atoms with Crippen LogP contribution in [0.1, 0.15) is 18.4 Å². The zero-order valence-corrected chi connectivity index (χ0v) is 12.7. The van der Waals surface area contributed by atoms with Gasteiger partial charge in [-0.05, 0) is 25.0 Å². The van der Waals surface area contributed by atoms with Crippen molar-refractivity contribution in [2.24, 2.45) is 5.73 Å². The third kappa shape index (κ3) is 4.68. The van der Waals surface area contributed by atoms with E-state index in [1.165, 1.54) is 6.07 Å². The van der Waals surface area contributed by atoms with Gasteiger partial charge in [-0.2, -0.15) is 0 Å². The number of methoxy groups -OCH3 is 1. The Labute approximate surface area is 123 Å². The maximum atomic E-state index is 14.0. The molecule has 8 heteroatoms. The molecule has 0 spiro atoms. The van der Waals surface area contributed by atoms with Gasteiger partial charge < -0.3 is 10.5 Å². The lowest BCUT2D eigenvalue weighted by Crippen LogP contribution is -2.26. The minimum Gasteiger partial charge on any atom is -0.385 e. The molecule has 20 heavy (non-hydrogen) atoms. The number of ether oxygens (including phenoxy) is 1. The minimum absolute atomic E-state index is 0.0669. The van der Waals surface area contributed by atoms with Gasteiger partial charge in [-0.1, -0.05) is 11.6 Å². The number of nitrogens with one attached hydrogen (secondary N) is 1. The fourth-order valence-electron chi connectivity index (χ4n) is 1.62. The molecule has 0 saturated heterocycles. The molecular weight excluding hydrogens is 307 g/mol. The number of halogens is 2. The first-order valence-corrected chi connectivity index (χ1v) is 7.95. The number of rotatable bonds is 8. The molecule has 5 nitrogen and oxygen atoms in total. The number of nitrogens with two attached hydrogens (primary N) is 1. The monoisotopic (exact) mass is 324 g/mol. The van der Waals surface area contributed by atoms with Gasteiger partial charge >= 0.3 is 0 Å². The van der Waals surface area contributed by atoms with E-state index in [1.54, 1.807) is 7.11 Å². The molecule has 1 rings (SSSR count). The summed E-state index contributed by atoms with van der Waals surface area (Å²) in [7, 11) is -2.37. The van der Waals surface area contributed by atoms with Crippen molar-refractivity contribution >= 4 is 21.6 Å². The lowest BCUT2D eigenvalue weighted by Gasteiger charge is -2.10. The molecule has 0 aliphatic carbocycles. The molecule has 0 aromatic heterocycles. The molecule has 0 amide bonds. The Morgan fingerprint density at radius 3 is 2.70 bits per heavy atom. The van der Waals surface area contributed by atoms with Crippen LogP contribution < -0.4 is 10.5 Å². The summed E-state index contributed by atoms with van der Waals surface area (Å²) in [4.78, 5) is -0.475. The fraction of sp³-hybridized carbons (Fsp3) is 0.500. The standard InChI is InChI=1S/C12H18ClFN2O3S/c1-19-5-3-2-4-16-20(17,18)11-7-10(13)6-9(8-15)12(11)14/h6-7,16H,2-5,8,15H2,1H3. The van der Waals surface area contributed by atoms with E-state index in [-0.39, 0.29) is 23.7 Å². The highest BCUT2D eigenvalue weighted by molar-refractivity contribution is 7.89. The Kier molecular flexibility index (Phi) is 6.84. The van der Waals surface area contributed by atoms with Crippen molar-refractivity contribution < 1.29 is 17.5 Å². The van der Waals surface area contributed by atoms with Crippen LogP contribution in [-0.2, 0) is 21.3 Å². The summed E-state index contributed by atoms with van der Waals surface area (Å²) in [6, 6.07) is 2.39. The molecule has 0 aliphatic heterocycles. The van der Waals surface area contributed by atoms with E-state index in [4.69, 9.17) is 22.1 Å². The normalized spacial score (nSPS) is 11.8. The second-order valence-corrected chi connectivity index (χ2v) is 6.35. The van der Waals surface area contributed by atoms with Crippen molar-refractivity contribution in [1.29, 1.82) is 0 Å². The van der Waals surface area contributed by atoms with Crippen LogP contribution in [0.4, 0.5) is 4.39 Å². The van der Waals surface area contributed by atoms with E-state index in [0.29, 0.717) is 19.4 Å². The van der Waals surface area contributed by atoms with Crippen molar-refractivity contribution in [3.05, 3.63) is 28.5 Å². The van der Waals surface area contributed by atoms with Crippen molar-refractivity contribution in [2.75, 3.05) is 20.3 Å². The summed E-state index contributed by atoms with van der Waals surface area (Å²) in [6.45, 7) is 0.628. The first-order chi connectivity index (χ1) is 9.42. The van der Waals surface area contributed by atoms with Gasteiger partial charge in [0, 0.05) is 37.4 Å². The minimum atomic E-state index is -3.94. The molecule has 3 N–H and O–H groups in total. The summed E-state index contributed by atoms with van der Waals surface area (Å²) in [5.74, 6) is -0.860. The number of sulfonamides is 1. The fourth-order valence-corrected chi connectivity index (χ4v) is 3.14. The van der Waals surface area contributed by atoms with Crippen LogP contribution in [0.3, 0.4) is 0 Å². The largest absolute Gasteiger partial charge is 0.385 e. The molecule has 0 radical (unpaired) electrons. The highest BCUT2D eigenvalue weighted by Crippen LogP contribution is 2.23. The molecule has 1 aromatic rings. The van der Waals surface area contributed by atoms with E-state index in [9.17, 15) is 12.8 Å². The summed E-state index contributed by atoms with van der Waals surface area (Å²) >= 11 is 5.78. The van der Waals surface area contributed by atoms with Crippen molar-refractivity contribution in [1.82, 2.24) is 4.72 Å². The van der Waals surface area contributed by atoms with Crippen LogP contribution in [0.2, 0.25) is 5.02 Å². The van der Waals surface area contributed by atoms with Gasteiger partial charge in [0.25, 0.3) is 0 Å².